The number of rotatable bonds is 5. The summed E-state index contributed by atoms with van der Waals surface area (Å²) in [6, 6.07) is 5.24. The first-order chi connectivity index (χ1) is 8.77. The Labute approximate surface area is 112 Å². The highest BCUT2D eigenvalue weighted by atomic mass is 32.2. The Hall–Kier alpha value is -1.44. The highest BCUT2D eigenvalue weighted by Crippen LogP contribution is 2.11. The van der Waals surface area contributed by atoms with Gasteiger partial charge in [0.25, 0.3) is 0 Å². The largest absolute Gasteiger partial charge is 0.467 e. The van der Waals surface area contributed by atoms with Crippen molar-refractivity contribution < 1.29 is 23.1 Å². The number of methoxy groups -OCH3 is 1. The third-order valence-electron chi connectivity index (χ3n) is 2.59. The summed E-state index contributed by atoms with van der Waals surface area (Å²) in [4.78, 5) is 11.2. The van der Waals surface area contributed by atoms with Crippen LogP contribution in [0.2, 0.25) is 0 Å². The Morgan fingerprint density at radius 3 is 2.32 bits per heavy atom. The molecule has 0 radical (unpaired) electrons. The molecule has 0 aliphatic carbocycles. The van der Waals surface area contributed by atoms with Gasteiger partial charge in [-0.3, -0.25) is 0 Å². The van der Waals surface area contributed by atoms with Gasteiger partial charge in [-0.15, -0.1) is 0 Å². The van der Waals surface area contributed by atoms with E-state index in [4.69, 9.17) is 0 Å². The number of hydrogen-bond donors (Lipinski definition) is 2. The number of aliphatic hydroxyl groups excluding tert-OH is 1. The quantitative estimate of drug-likeness (QED) is 0.754. The fraction of sp³-hybridized carbons (Fsp3) is 0.417. The second-order valence-corrected chi connectivity index (χ2v) is 5.90. The summed E-state index contributed by atoms with van der Waals surface area (Å²) in [7, 11) is -2.66. The fourth-order valence-electron chi connectivity index (χ4n) is 1.42. The summed E-state index contributed by atoms with van der Waals surface area (Å²) in [5.74, 6) is -0.890. The minimum Gasteiger partial charge on any atom is -0.467 e. The molecule has 0 unspecified atom stereocenters. The molecule has 106 valence electrons. The van der Waals surface area contributed by atoms with Gasteiger partial charge in [-0.1, -0.05) is 17.7 Å². The molecule has 2 N–H and O–H groups in total. The van der Waals surface area contributed by atoms with E-state index < -0.39 is 28.1 Å². The molecule has 2 atom stereocenters. The van der Waals surface area contributed by atoms with E-state index in [1.54, 1.807) is 12.1 Å². The predicted octanol–water partition coefficient (Wildman–Crippen LogP) is 0.196. The van der Waals surface area contributed by atoms with Crippen molar-refractivity contribution in [1.29, 1.82) is 0 Å². The van der Waals surface area contributed by atoms with Crippen LogP contribution in [0.3, 0.4) is 0 Å². The van der Waals surface area contributed by atoms with Gasteiger partial charge in [-0.25, -0.2) is 17.9 Å². The van der Waals surface area contributed by atoms with E-state index in [1.807, 2.05) is 6.92 Å². The van der Waals surface area contributed by atoms with Crippen molar-refractivity contribution in [3.8, 4) is 0 Å². The lowest BCUT2D eigenvalue weighted by molar-refractivity contribution is -0.151. The van der Waals surface area contributed by atoms with Crippen molar-refractivity contribution in [1.82, 2.24) is 4.72 Å². The van der Waals surface area contributed by atoms with Crippen molar-refractivity contribution in [3.05, 3.63) is 29.8 Å². The summed E-state index contributed by atoms with van der Waals surface area (Å²) in [6.07, 6.45) is -1.55. The monoisotopic (exact) mass is 287 g/mol. The summed E-state index contributed by atoms with van der Waals surface area (Å²) in [5, 5.41) is 9.54. The maximum atomic E-state index is 12.0. The van der Waals surface area contributed by atoms with Crippen LogP contribution in [0.4, 0.5) is 0 Å². The SMILES string of the molecule is COC(=O)[C@H](O)[C@H](C)NS(=O)(=O)c1ccc(C)cc1. The van der Waals surface area contributed by atoms with Crippen molar-refractivity contribution in [3.63, 3.8) is 0 Å². The molecule has 0 fully saturated rings. The summed E-state index contributed by atoms with van der Waals surface area (Å²) < 4.78 is 30.6. The number of sulfonamides is 1. The van der Waals surface area contributed by atoms with E-state index in [-0.39, 0.29) is 4.90 Å². The lowest BCUT2D eigenvalue weighted by atomic mass is 10.2. The van der Waals surface area contributed by atoms with Crippen LogP contribution in [-0.4, -0.2) is 38.7 Å². The average molecular weight is 287 g/mol. The van der Waals surface area contributed by atoms with Gasteiger partial charge < -0.3 is 9.84 Å². The molecule has 0 saturated heterocycles. The van der Waals surface area contributed by atoms with Crippen molar-refractivity contribution in [2.24, 2.45) is 0 Å². The van der Waals surface area contributed by atoms with E-state index in [9.17, 15) is 18.3 Å². The summed E-state index contributed by atoms with van der Waals surface area (Å²) >= 11 is 0. The molecule has 0 aromatic heterocycles. The van der Waals surface area contributed by atoms with Crippen LogP contribution in [0.5, 0.6) is 0 Å². The van der Waals surface area contributed by atoms with Gasteiger partial charge in [0.15, 0.2) is 6.10 Å². The van der Waals surface area contributed by atoms with Gasteiger partial charge in [0.1, 0.15) is 0 Å². The zero-order chi connectivity index (χ0) is 14.6. The van der Waals surface area contributed by atoms with Crippen LogP contribution < -0.4 is 4.72 Å². The maximum Gasteiger partial charge on any atom is 0.336 e. The number of carbonyl (C=O) groups is 1. The Balaban J connectivity index is 2.85. The predicted molar refractivity (Wildman–Crippen MR) is 69.0 cm³/mol. The Morgan fingerprint density at radius 2 is 1.84 bits per heavy atom. The van der Waals surface area contributed by atoms with Crippen molar-refractivity contribution in [2.75, 3.05) is 7.11 Å². The molecule has 0 aliphatic rings. The Morgan fingerprint density at radius 1 is 1.32 bits per heavy atom. The molecule has 19 heavy (non-hydrogen) atoms. The lowest BCUT2D eigenvalue weighted by Gasteiger charge is -2.18. The number of nitrogens with one attached hydrogen (secondary N) is 1. The van der Waals surface area contributed by atoms with E-state index in [1.165, 1.54) is 19.1 Å². The second kappa shape index (κ2) is 6.14. The first-order valence-electron chi connectivity index (χ1n) is 5.63. The van der Waals surface area contributed by atoms with Gasteiger partial charge in [-0.2, -0.15) is 0 Å². The van der Waals surface area contributed by atoms with Crippen LogP contribution in [0.15, 0.2) is 29.2 Å². The van der Waals surface area contributed by atoms with Gasteiger partial charge in [0.2, 0.25) is 10.0 Å². The standard InChI is InChI=1S/C12H17NO5S/c1-8-4-6-10(7-5-8)19(16,17)13-9(2)11(14)12(15)18-3/h4-7,9,11,13-14H,1-3H3/t9-,11+/m0/s1. The van der Waals surface area contributed by atoms with Crippen LogP contribution in [0.1, 0.15) is 12.5 Å². The minimum absolute atomic E-state index is 0.0713. The first-order valence-corrected chi connectivity index (χ1v) is 7.11. The van der Waals surface area contributed by atoms with E-state index >= 15 is 0 Å². The van der Waals surface area contributed by atoms with E-state index in [2.05, 4.69) is 9.46 Å². The Bertz CT molecular complexity index is 538. The molecule has 0 aliphatic heterocycles. The molecule has 0 spiro atoms. The number of ether oxygens (including phenoxy) is 1. The fourth-order valence-corrected chi connectivity index (χ4v) is 2.67. The summed E-state index contributed by atoms with van der Waals surface area (Å²) in [6.45, 7) is 3.22. The number of aliphatic hydroxyl groups is 1. The maximum absolute atomic E-state index is 12.0. The number of benzene rings is 1. The number of carbonyl (C=O) groups excluding carboxylic acids is 1. The highest BCUT2D eigenvalue weighted by Gasteiger charge is 2.27. The third kappa shape index (κ3) is 4.02. The van der Waals surface area contributed by atoms with Crippen LogP contribution in [-0.2, 0) is 19.6 Å². The van der Waals surface area contributed by atoms with Crippen LogP contribution in [0, 0.1) is 6.92 Å². The molecule has 1 aromatic rings. The molecule has 0 heterocycles. The molecule has 6 nitrogen and oxygen atoms in total. The van der Waals surface area contributed by atoms with Crippen molar-refractivity contribution >= 4 is 16.0 Å². The summed E-state index contributed by atoms with van der Waals surface area (Å²) in [5.41, 5.74) is 0.932. The first kappa shape index (κ1) is 15.6. The third-order valence-corrected chi connectivity index (χ3v) is 4.16. The smallest absolute Gasteiger partial charge is 0.336 e. The topological polar surface area (TPSA) is 92.7 Å². The van der Waals surface area contributed by atoms with Gasteiger partial charge in [0.05, 0.1) is 18.0 Å². The number of aryl methyl sites for hydroxylation is 1. The normalized spacial score (nSPS) is 14.7. The zero-order valence-electron chi connectivity index (χ0n) is 11.0. The van der Waals surface area contributed by atoms with Crippen LogP contribution >= 0.6 is 0 Å². The number of esters is 1. The lowest BCUT2D eigenvalue weighted by Crippen LogP contribution is -2.45. The molecular formula is C12H17NO5S. The molecule has 0 bridgehead atoms. The minimum atomic E-state index is -3.78. The van der Waals surface area contributed by atoms with Gasteiger partial charge >= 0.3 is 5.97 Å². The molecule has 1 aromatic carbocycles. The average Bonchev–Trinajstić information content (AvgIpc) is 2.36. The van der Waals surface area contributed by atoms with E-state index in [0.717, 1.165) is 12.7 Å². The molecular weight excluding hydrogens is 270 g/mol. The molecule has 0 amide bonds. The molecule has 7 heteroatoms. The van der Waals surface area contributed by atoms with Crippen molar-refractivity contribution in [2.45, 2.75) is 30.9 Å². The van der Waals surface area contributed by atoms with Gasteiger partial charge in [0, 0.05) is 0 Å². The van der Waals surface area contributed by atoms with E-state index in [0.29, 0.717) is 0 Å². The highest BCUT2D eigenvalue weighted by molar-refractivity contribution is 7.89. The molecule has 1 rings (SSSR count). The Kier molecular flexibility index (Phi) is 5.04. The zero-order valence-corrected chi connectivity index (χ0v) is 11.8. The van der Waals surface area contributed by atoms with Crippen LogP contribution in [0.25, 0.3) is 0 Å². The van der Waals surface area contributed by atoms with Gasteiger partial charge in [-0.05, 0) is 26.0 Å². The second-order valence-electron chi connectivity index (χ2n) is 4.19. The molecule has 0 saturated carbocycles. The number of hydrogen-bond acceptors (Lipinski definition) is 5.